The summed E-state index contributed by atoms with van der Waals surface area (Å²) in [4.78, 5) is 12.5. The largest absolute Gasteiger partial charge is 0.280 e. The van der Waals surface area contributed by atoms with Gasteiger partial charge in [-0.15, -0.1) is 21.5 Å². The van der Waals surface area contributed by atoms with Crippen LogP contribution in [-0.4, -0.2) is 27.0 Å². The number of hydrogen-bond acceptors (Lipinski definition) is 5. The Morgan fingerprint density at radius 2 is 2.38 bits per heavy atom. The third-order valence-corrected chi connectivity index (χ3v) is 3.43. The van der Waals surface area contributed by atoms with Crippen molar-refractivity contribution in [3.05, 3.63) is 28.2 Å². The molecule has 0 aliphatic carbocycles. The minimum atomic E-state index is -0.145. The molecule has 0 spiro atoms. The number of nitrogens with one attached hydrogen (secondary N) is 1. The molecule has 0 fully saturated rings. The SMILES string of the molecule is CSc1nnc(C)n1NC(=O)c1cccs1. The highest BCUT2D eigenvalue weighted by Gasteiger charge is 2.12. The molecule has 1 N–H and O–H groups in total. The number of aromatic nitrogens is 3. The Bertz CT molecular complexity index is 492. The molecule has 0 atom stereocenters. The number of carbonyl (C=O) groups excluding carboxylic acids is 1. The van der Waals surface area contributed by atoms with Gasteiger partial charge in [0.05, 0.1) is 4.88 Å². The van der Waals surface area contributed by atoms with Gasteiger partial charge in [-0.3, -0.25) is 10.2 Å². The average molecular weight is 254 g/mol. The molecule has 0 saturated heterocycles. The number of nitrogens with zero attached hydrogens (tertiary/aromatic N) is 3. The van der Waals surface area contributed by atoms with Gasteiger partial charge in [0, 0.05) is 0 Å². The van der Waals surface area contributed by atoms with Gasteiger partial charge in [-0.25, -0.2) is 4.68 Å². The number of amides is 1. The van der Waals surface area contributed by atoms with Gasteiger partial charge >= 0.3 is 0 Å². The summed E-state index contributed by atoms with van der Waals surface area (Å²) in [7, 11) is 0. The number of thioether (sulfide) groups is 1. The van der Waals surface area contributed by atoms with Gasteiger partial charge in [0.1, 0.15) is 5.82 Å². The molecule has 5 nitrogen and oxygen atoms in total. The fourth-order valence-electron chi connectivity index (χ4n) is 1.17. The van der Waals surface area contributed by atoms with E-state index < -0.39 is 0 Å². The van der Waals surface area contributed by atoms with Crippen LogP contribution in [0.3, 0.4) is 0 Å². The zero-order chi connectivity index (χ0) is 11.5. The predicted molar refractivity (Wildman–Crippen MR) is 64.6 cm³/mol. The van der Waals surface area contributed by atoms with E-state index in [0.29, 0.717) is 15.9 Å². The molecule has 2 aromatic heterocycles. The van der Waals surface area contributed by atoms with E-state index in [1.165, 1.54) is 23.1 Å². The van der Waals surface area contributed by atoms with Crippen LogP contribution in [0.1, 0.15) is 15.5 Å². The normalized spacial score (nSPS) is 10.4. The number of carbonyl (C=O) groups is 1. The predicted octanol–water partition coefficient (Wildman–Crippen LogP) is 1.75. The fraction of sp³-hybridized carbons (Fsp3) is 0.222. The van der Waals surface area contributed by atoms with E-state index >= 15 is 0 Å². The van der Waals surface area contributed by atoms with Crippen LogP contribution in [0.2, 0.25) is 0 Å². The molecule has 0 radical (unpaired) electrons. The first-order valence-electron chi connectivity index (χ1n) is 4.53. The third kappa shape index (κ3) is 2.10. The molecular formula is C9H10N4OS2. The molecule has 2 aromatic rings. The van der Waals surface area contributed by atoms with Crippen molar-refractivity contribution in [3.8, 4) is 0 Å². The lowest BCUT2D eigenvalue weighted by Crippen LogP contribution is -2.23. The number of thiophene rings is 1. The van der Waals surface area contributed by atoms with Crippen LogP contribution in [-0.2, 0) is 0 Å². The van der Waals surface area contributed by atoms with Gasteiger partial charge in [0.2, 0.25) is 5.16 Å². The van der Waals surface area contributed by atoms with Crippen molar-refractivity contribution in [3.63, 3.8) is 0 Å². The van der Waals surface area contributed by atoms with E-state index in [2.05, 4.69) is 15.6 Å². The van der Waals surface area contributed by atoms with Crippen LogP contribution in [0, 0.1) is 6.92 Å². The van der Waals surface area contributed by atoms with Crippen LogP contribution >= 0.6 is 23.1 Å². The quantitative estimate of drug-likeness (QED) is 0.848. The zero-order valence-corrected chi connectivity index (χ0v) is 10.4. The summed E-state index contributed by atoms with van der Waals surface area (Å²) in [5.74, 6) is 0.516. The maximum atomic E-state index is 11.8. The summed E-state index contributed by atoms with van der Waals surface area (Å²) < 4.78 is 1.59. The Labute approximate surface area is 101 Å². The van der Waals surface area contributed by atoms with E-state index in [9.17, 15) is 4.79 Å². The van der Waals surface area contributed by atoms with Gasteiger partial charge in [-0.2, -0.15) is 0 Å². The lowest BCUT2D eigenvalue weighted by Gasteiger charge is -2.07. The van der Waals surface area contributed by atoms with Crippen molar-refractivity contribution in [1.29, 1.82) is 0 Å². The molecule has 0 aliphatic heterocycles. The standard InChI is InChI=1S/C9H10N4OS2/c1-6-10-11-9(15-2)13(6)12-8(14)7-4-3-5-16-7/h3-5H,1-2H3,(H,12,14). The summed E-state index contributed by atoms with van der Waals surface area (Å²) in [5, 5.41) is 10.4. The topological polar surface area (TPSA) is 59.8 Å². The van der Waals surface area contributed by atoms with Gasteiger partial charge < -0.3 is 0 Å². The van der Waals surface area contributed by atoms with Crippen molar-refractivity contribution in [2.24, 2.45) is 0 Å². The van der Waals surface area contributed by atoms with Gasteiger partial charge in [0.25, 0.3) is 5.91 Å². The van der Waals surface area contributed by atoms with Gasteiger partial charge in [-0.05, 0) is 24.6 Å². The minimum Gasteiger partial charge on any atom is -0.266 e. The molecule has 0 aliphatic rings. The van der Waals surface area contributed by atoms with Crippen molar-refractivity contribution >= 4 is 29.0 Å². The molecule has 7 heteroatoms. The Balaban J connectivity index is 2.21. The number of aryl methyl sites for hydroxylation is 1. The van der Waals surface area contributed by atoms with Crippen molar-refractivity contribution < 1.29 is 4.79 Å². The second-order valence-corrected chi connectivity index (χ2v) is 4.71. The van der Waals surface area contributed by atoms with Crippen LogP contribution in [0.25, 0.3) is 0 Å². The molecule has 0 aromatic carbocycles. The van der Waals surface area contributed by atoms with E-state index in [-0.39, 0.29) is 5.91 Å². The molecule has 0 saturated carbocycles. The summed E-state index contributed by atoms with van der Waals surface area (Å²) in [5.41, 5.74) is 2.75. The first-order valence-corrected chi connectivity index (χ1v) is 6.63. The van der Waals surface area contributed by atoms with E-state index in [4.69, 9.17) is 0 Å². The smallest absolute Gasteiger partial charge is 0.266 e. The molecule has 2 heterocycles. The van der Waals surface area contributed by atoms with Gasteiger partial charge in [-0.1, -0.05) is 17.8 Å². The third-order valence-electron chi connectivity index (χ3n) is 1.94. The Morgan fingerprint density at radius 1 is 1.56 bits per heavy atom. The summed E-state index contributed by atoms with van der Waals surface area (Å²) >= 11 is 2.83. The highest BCUT2D eigenvalue weighted by Crippen LogP contribution is 2.13. The molecule has 0 unspecified atom stereocenters. The molecule has 16 heavy (non-hydrogen) atoms. The van der Waals surface area contributed by atoms with Crippen LogP contribution in [0.15, 0.2) is 22.7 Å². The maximum absolute atomic E-state index is 11.8. The number of hydrogen-bond donors (Lipinski definition) is 1. The molecular weight excluding hydrogens is 244 g/mol. The zero-order valence-electron chi connectivity index (χ0n) is 8.80. The van der Waals surface area contributed by atoms with Crippen LogP contribution in [0.5, 0.6) is 0 Å². The second-order valence-electron chi connectivity index (χ2n) is 2.99. The highest BCUT2D eigenvalue weighted by molar-refractivity contribution is 7.98. The Hall–Kier alpha value is -1.34. The first kappa shape index (κ1) is 11.2. The summed E-state index contributed by atoms with van der Waals surface area (Å²) in [6, 6.07) is 3.62. The average Bonchev–Trinajstić information content (AvgIpc) is 2.89. The lowest BCUT2D eigenvalue weighted by atomic mass is 10.4. The highest BCUT2D eigenvalue weighted by atomic mass is 32.2. The number of rotatable bonds is 3. The maximum Gasteiger partial charge on any atom is 0.280 e. The molecule has 0 bridgehead atoms. The lowest BCUT2D eigenvalue weighted by molar-refractivity contribution is 0.101. The van der Waals surface area contributed by atoms with Crippen LogP contribution < -0.4 is 5.43 Å². The van der Waals surface area contributed by atoms with E-state index in [0.717, 1.165) is 0 Å². The molecule has 2 rings (SSSR count). The summed E-state index contributed by atoms with van der Waals surface area (Å²) in [6.45, 7) is 1.79. The first-order chi connectivity index (χ1) is 7.72. The molecule has 1 amide bonds. The Kier molecular flexibility index (Phi) is 3.25. The van der Waals surface area contributed by atoms with Crippen LogP contribution in [0.4, 0.5) is 0 Å². The van der Waals surface area contributed by atoms with Crippen molar-refractivity contribution in [2.45, 2.75) is 12.1 Å². The van der Waals surface area contributed by atoms with Gasteiger partial charge in [0.15, 0.2) is 0 Å². The second kappa shape index (κ2) is 4.67. The molecule has 84 valence electrons. The Morgan fingerprint density at radius 3 is 3.00 bits per heavy atom. The van der Waals surface area contributed by atoms with E-state index in [1.807, 2.05) is 17.7 Å². The monoisotopic (exact) mass is 254 g/mol. The van der Waals surface area contributed by atoms with Crippen molar-refractivity contribution in [2.75, 3.05) is 11.7 Å². The van der Waals surface area contributed by atoms with E-state index in [1.54, 1.807) is 17.7 Å². The van der Waals surface area contributed by atoms with Crippen molar-refractivity contribution in [1.82, 2.24) is 14.9 Å². The fourth-order valence-corrected chi connectivity index (χ4v) is 2.26. The minimum absolute atomic E-state index is 0.145. The summed E-state index contributed by atoms with van der Waals surface area (Å²) in [6.07, 6.45) is 1.89.